The maximum absolute atomic E-state index is 5.77. The van der Waals surface area contributed by atoms with Crippen molar-refractivity contribution in [1.29, 1.82) is 0 Å². The summed E-state index contributed by atoms with van der Waals surface area (Å²) in [6.45, 7) is 0.956. The van der Waals surface area contributed by atoms with Crippen molar-refractivity contribution in [2.24, 2.45) is 35.3 Å². The predicted molar refractivity (Wildman–Crippen MR) is 58.8 cm³/mol. The molecule has 0 aromatic rings. The van der Waals surface area contributed by atoms with E-state index in [1.54, 1.807) is 12.8 Å². The van der Waals surface area contributed by atoms with Crippen molar-refractivity contribution < 1.29 is 0 Å². The van der Waals surface area contributed by atoms with Gasteiger partial charge in [0.1, 0.15) is 0 Å². The first kappa shape index (κ1) is 9.21. The van der Waals surface area contributed by atoms with Crippen LogP contribution in [0.4, 0.5) is 0 Å². The van der Waals surface area contributed by atoms with Crippen LogP contribution in [0, 0.1) is 29.6 Å². The van der Waals surface area contributed by atoms with Crippen LogP contribution >= 0.6 is 0 Å². The summed E-state index contributed by atoms with van der Waals surface area (Å²) in [5, 5.41) is 0. The van der Waals surface area contributed by atoms with E-state index in [0.717, 1.165) is 36.1 Å². The van der Waals surface area contributed by atoms with Crippen LogP contribution in [0.5, 0.6) is 0 Å². The fourth-order valence-corrected chi connectivity index (χ4v) is 4.16. The molecule has 1 heteroatoms. The van der Waals surface area contributed by atoms with Gasteiger partial charge in [-0.3, -0.25) is 0 Å². The molecule has 0 spiro atoms. The largest absolute Gasteiger partial charge is 0.330 e. The molecule has 3 fully saturated rings. The Balaban J connectivity index is 1.49. The Kier molecular flexibility index (Phi) is 2.31. The summed E-state index contributed by atoms with van der Waals surface area (Å²) in [5.41, 5.74) is 5.77. The van der Waals surface area contributed by atoms with Crippen molar-refractivity contribution in [1.82, 2.24) is 0 Å². The molecule has 0 unspecified atom stereocenters. The average Bonchev–Trinajstić information content (AvgIpc) is 2.39. The third-order valence-electron chi connectivity index (χ3n) is 5.25. The highest BCUT2D eigenvalue weighted by molar-refractivity contribution is 4.97. The second kappa shape index (κ2) is 3.52. The van der Waals surface area contributed by atoms with Crippen LogP contribution in [-0.4, -0.2) is 6.54 Å². The van der Waals surface area contributed by atoms with Crippen LogP contribution in [0.1, 0.15) is 44.9 Å². The van der Waals surface area contributed by atoms with Gasteiger partial charge in [0.05, 0.1) is 0 Å². The van der Waals surface area contributed by atoms with E-state index in [4.69, 9.17) is 5.73 Å². The highest BCUT2D eigenvalue weighted by Gasteiger charge is 2.46. The van der Waals surface area contributed by atoms with Crippen molar-refractivity contribution in [3.8, 4) is 0 Å². The normalized spacial score (nSPS) is 46.9. The van der Waals surface area contributed by atoms with Crippen molar-refractivity contribution >= 4 is 0 Å². The molecule has 0 radical (unpaired) electrons. The predicted octanol–water partition coefficient (Wildman–Crippen LogP) is 2.80. The van der Waals surface area contributed by atoms with Gasteiger partial charge in [0, 0.05) is 0 Å². The van der Waals surface area contributed by atoms with E-state index < -0.39 is 0 Å². The van der Waals surface area contributed by atoms with E-state index in [0.29, 0.717) is 0 Å². The first-order chi connectivity index (χ1) is 6.86. The Hall–Kier alpha value is -0.0400. The van der Waals surface area contributed by atoms with Gasteiger partial charge >= 0.3 is 0 Å². The summed E-state index contributed by atoms with van der Waals surface area (Å²) < 4.78 is 0. The van der Waals surface area contributed by atoms with E-state index in [1.165, 1.54) is 32.1 Å². The molecule has 14 heavy (non-hydrogen) atoms. The second-order valence-electron chi connectivity index (χ2n) is 6.03. The summed E-state index contributed by atoms with van der Waals surface area (Å²) >= 11 is 0. The van der Waals surface area contributed by atoms with Gasteiger partial charge in [0.25, 0.3) is 0 Å². The van der Waals surface area contributed by atoms with Crippen molar-refractivity contribution in [3.63, 3.8) is 0 Å². The highest BCUT2D eigenvalue weighted by atomic mass is 14.6. The molecule has 80 valence electrons. The Labute approximate surface area is 87.4 Å². The van der Waals surface area contributed by atoms with Gasteiger partial charge in [-0.1, -0.05) is 19.3 Å². The van der Waals surface area contributed by atoms with Crippen LogP contribution in [0.15, 0.2) is 0 Å². The molecule has 0 aromatic heterocycles. The molecule has 4 atom stereocenters. The molecule has 2 N–H and O–H groups in total. The van der Waals surface area contributed by atoms with Gasteiger partial charge in [-0.15, -0.1) is 0 Å². The molecular formula is C13H23N. The lowest BCUT2D eigenvalue weighted by molar-refractivity contribution is 0.111. The van der Waals surface area contributed by atoms with E-state index in [2.05, 4.69) is 0 Å². The van der Waals surface area contributed by atoms with Crippen LogP contribution < -0.4 is 5.73 Å². The Bertz CT molecular complexity index is 209. The van der Waals surface area contributed by atoms with Gasteiger partial charge in [-0.05, 0) is 61.8 Å². The molecule has 0 aromatic carbocycles. The van der Waals surface area contributed by atoms with Crippen LogP contribution in [0.2, 0.25) is 0 Å². The van der Waals surface area contributed by atoms with E-state index in [-0.39, 0.29) is 0 Å². The minimum Gasteiger partial charge on any atom is -0.330 e. The van der Waals surface area contributed by atoms with Crippen molar-refractivity contribution in [2.45, 2.75) is 44.9 Å². The van der Waals surface area contributed by atoms with Gasteiger partial charge in [0.2, 0.25) is 0 Å². The quantitative estimate of drug-likeness (QED) is 0.733. The number of nitrogens with two attached hydrogens (primary N) is 1. The first-order valence-corrected chi connectivity index (χ1v) is 6.57. The Morgan fingerprint density at radius 1 is 1.00 bits per heavy atom. The summed E-state index contributed by atoms with van der Waals surface area (Å²) in [4.78, 5) is 0. The monoisotopic (exact) mass is 193 g/mol. The van der Waals surface area contributed by atoms with Gasteiger partial charge in [-0.2, -0.15) is 0 Å². The third kappa shape index (κ3) is 1.41. The Morgan fingerprint density at radius 2 is 1.86 bits per heavy atom. The average molecular weight is 193 g/mol. The van der Waals surface area contributed by atoms with Gasteiger partial charge < -0.3 is 5.73 Å². The third-order valence-corrected chi connectivity index (χ3v) is 5.25. The molecule has 3 aliphatic rings. The topological polar surface area (TPSA) is 26.0 Å². The SMILES string of the molecule is NC[C@H]1C[C@@H]2C[C@H](CC3CCC3)C[C@H]12. The molecule has 0 saturated heterocycles. The molecule has 3 saturated carbocycles. The molecular weight excluding hydrogens is 170 g/mol. The van der Waals surface area contributed by atoms with Crippen LogP contribution in [0.25, 0.3) is 0 Å². The zero-order chi connectivity index (χ0) is 9.54. The highest BCUT2D eigenvalue weighted by Crippen LogP contribution is 2.55. The van der Waals surface area contributed by atoms with E-state index in [1.807, 2.05) is 0 Å². The molecule has 3 aliphatic carbocycles. The fraction of sp³-hybridized carbons (Fsp3) is 1.00. The number of hydrogen-bond acceptors (Lipinski definition) is 1. The first-order valence-electron chi connectivity index (χ1n) is 6.57. The van der Waals surface area contributed by atoms with Gasteiger partial charge in [0.15, 0.2) is 0 Å². The van der Waals surface area contributed by atoms with Crippen LogP contribution in [-0.2, 0) is 0 Å². The Morgan fingerprint density at radius 3 is 2.50 bits per heavy atom. The van der Waals surface area contributed by atoms with Gasteiger partial charge in [-0.25, -0.2) is 0 Å². The number of fused-ring (bicyclic) bond motifs is 1. The van der Waals surface area contributed by atoms with Crippen molar-refractivity contribution in [3.05, 3.63) is 0 Å². The lowest BCUT2D eigenvalue weighted by Crippen LogP contribution is -2.37. The summed E-state index contributed by atoms with van der Waals surface area (Å²) in [5.74, 6) is 5.26. The molecule has 0 heterocycles. The second-order valence-corrected chi connectivity index (χ2v) is 6.03. The number of rotatable bonds is 3. The number of hydrogen-bond donors (Lipinski definition) is 1. The van der Waals surface area contributed by atoms with E-state index in [9.17, 15) is 0 Å². The van der Waals surface area contributed by atoms with Crippen molar-refractivity contribution in [2.75, 3.05) is 6.54 Å². The molecule has 3 rings (SSSR count). The van der Waals surface area contributed by atoms with Crippen LogP contribution in [0.3, 0.4) is 0 Å². The lowest BCUT2D eigenvalue weighted by Gasteiger charge is -2.39. The van der Waals surface area contributed by atoms with E-state index >= 15 is 0 Å². The molecule has 0 aliphatic heterocycles. The summed E-state index contributed by atoms with van der Waals surface area (Å²) in [6, 6.07) is 0. The fourth-order valence-electron chi connectivity index (χ4n) is 4.16. The zero-order valence-electron chi connectivity index (χ0n) is 9.12. The lowest BCUT2D eigenvalue weighted by atomic mass is 9.67. The minimum atomic E-state index is 0.909. The molecule has 0 bridgehead atoms. The zero-order valence-corrected chi connectivity index (χ0v) is 9.12. The maximum atomic E-state index is 5.77. The summed E-state index contributed by atoms with van der Waals surface area (Å²) in [7, 11) is 0. The smallest absolute Gasteiger partial charge is 0.00460 e. The molecule has 1 nitrogen and oxygen atoms in total. The molecule has 0 amide bonds. The maximum Gasteiger partial charge on any atom is -0.00460 e. The minimum absolute atomic E-state index is 0.909. The summed E-state index contributed by atoms with van der Waals surface area (Å²) in [6.07, 6.45) is 10.7. The standard InChI is InChI=1S/C13H23N/c14-8-12-7-11-5-10(6-13(11)12)4-9-2-1-3-9/h9-13H,1-8,14H2/t10-,11-,12+,13-/m0/s1.